The summed E-state index contributed by atoms with van der Waals surface area (Å²) in [6, 6.07) is 74.9. The SMILES string of the molecule is CC1(C)c2ccccc2-c2ccc(N(c3ccc(-c4ccccc4)cc3)c3cccc4cc5c(cc34)Sc3ccccc3C53c4ccccc4-c4ccccc43)cc21. The largest absolute Gasteiger partial charge is 0.310 e. The van der Waals surface area contributed by atoms with Gasteiger partial charge in [-0.2, -0.15) is 0 Å². The van der Waals surface area contributed by atoms with Crippen molar-refractivity contribution in [2.24, 2.45) is 0 Å². The predicted octanol–water partition coefficient (Wildman–Crippen LogP) is 15.1. The number of fused-ring (bicyclic) bond motifs is 13. The average Bonchev–Trinajstić information content (AvgIpc) is 3.69. The van der Waals surface area contributed by atoms with Crippen LogP contribution < -0.4 is 4.90 Å². The molecule has 0 saturated carbocycles. The summed E-state index contributed by atoms with van der Waals surface area (Å²) in [6.07, 6.45) is 0. The fraction of sp³-hybridized carbons (Fsp3) is 0.0714. The zero-order valence-electron chi connectivity index (χ0n) is 32.4. The molecule has 0 fully saturated rings. The summed E-state index contributed by atoms with van der Waals surface area (Å²) in [5, 5.41) is 2.47. The summed E-state index contributed by atoms with van der Waals surface area (Å²) in [6.45, 7) is 4.74. The molecule has 0 radical (unpaired) electrons. The Hall–Kier alpha value is -6.61. The smallest absolute Gasteiger partial charge is 0.0735 e. The van der Waals surface area contributed by atoms with Crippen molar-refractivity contribution in [3.05, 3.63) is 234 Å². The van der Waals surface area contributed by atoms with Gasteiger partial charge in [0.1, 0.15) is 0 Å². The maximum atomic E-state index is 2.51. The summed E-state index contributed by atoms with van der Waals surface area (Å²) in [7, 11) is 0. The minimum absolute atomic E-state index is 0.116. The fourth-order valence-electron chi connectivity index (χ4n) is 10.5. The third-order valence-electron chi connectivity index (χ3n) is 13.1. The van der Waals surface area contributed by atoms with Crippen LogP contribution in [0.4, 0.5) is 17.1 Å². The molecule has 0 atom stereocenters. The minimum Gasteiger partial charge on any atom is -0.310 e. The zero-order chi connectivity index (χ0) is 38.6. The van der Waals surface area contributed by atoms with Crippen LogP contribution in [0.15, 0.2) is 210 Å². The van der Waals surface area contributed by atoms with Crippen LogP contribution in [-0.4, -0.2) is 0 Å². The second-order valence-corrected chi connectivity index (χ2v) is 17.5. The van der Waals surface area contributed by atoms with Gasteiger partial charge in [-0.05, 0) is 121 Å². The second-order valence-electron chi connectivity index (χ2n) is 16.4. The highest BCUT2D eigenvalue weighted by molar-refractivity contribution is 7.99. The number of nitrogens with zero attached hydrogens (tertiary/aromatic N) is 1. The fourth-order valence-corrected chi connectivity index (χ4v) is 11.7. The Labute approximate surface area is 344 Å². The lowest BCUT2D eigenvalue weighted by atomic mass is 9.67. The first-order chi connectivity index (χ1) is 28.5. The molecule has 3 aliphatic rings. The molecule has 0 N–H and O–H groups in total. The molecule has 0 unspecified atom stereocenters. The second kappa shape index (κ2) is 12.4. The monoisotopic (exact) mass is 757 g/mol. The molecular weight excluding hydrogens is 719 g/mol. The van der Waals surface area contributed by atoms with E-state index in [2.05, 4.69) is 219 Å². The van der Waals surface area contributed by atoms with Crippen molar-refractivity contribution in [2.45, 2.75) is 34.5 Å². The Morgan fingerprint density at radius 3 is 1.67 bits per heavy atom. The van der Waals surface area contributed by atoms with Gasteiger partial charge >= 0.3 is 0 Å². The Morgan fingerprint density at radius 1 is 0.379 bits per heavy atom. The molecule has 1 nitrogen and oxygen atoms in total. The molecule has 58 heavy (non-hydrogen) atoms. The summed E-state index contributed by atoms with van der Waals surface area (Å²) < 4.78 is 0. The van der Waals surface area contributed by atoms with Gasteiger partial charge < -0.3 is 4.90 Å². The Balaban J connectivity index is 1.10. The summed E-state index contributed by atoms with van der Waals surface area (Å²) >= 11 is 1.91. The lowest BCUT2D eigenvalue weighted by Crippen LogP contribution is -2.32. The highest BCUT2D eigenvalue weighted by Crippen LogP contribution is 2.63. The van der Waals surface area contributed by atoms with Gasteiger partial charge in [0.25, 0.3) is 0 Å². The topological polar surface area (TPSA) is 3.24 Å². The third-order valence-corrected chi connectivity index (χ3v) is 14.3. The van der Waals surface area contributed by atoms with E-state index in [0.29, 0.717) is 0 Å². The van der Waals surface area contributed by atoms with Crippen molar-refractivity contribution in [1.82, 2.24) is 0 Å². The molecule has 9 aromatic rings. The summed E-state index contributed by atoms with van der Waals surface area (Å²) in [5.74, 6) is 0. The number of hydrogen-bond donors (Lipinski definition) is 0. The first-order valence-corrected chi connectivity index (χ1v) is 21.1. The van der Waals surface area contributed by atoms with E-state index in [1.54, 1.807) is 0 Å². The van der Waals surface area contributed by atoms with Crippen LogP contribution in [0.3, 0.4) is 0 Å². The molecule has 2 heteroatoms. The summed E-state index contributed by atoms with van der Waals surface area (Å²) in [5.41, 5.74) is 18.9. The molecule has 1 aliphatic heterocycles. The van der Waals surface area contributed by atoms with Crippen molar-refractivity contribution in [3.63, 3.8) is 0 Å². The van der Waals surface area contributed by atoms with Crippen molar-refractivity contribution in [3.8, 4) is 33.4 Å². The van der Waals surface area contributed by atoms with Gasteiger partial charge in [0.05, 0.1) is 11.1 Å². The van der Waals surface area contributed by atoms with Crippen LogP contribution in [0.25, 0.3) is 44.2 Å². The standard InChI is InChI=1S/C56H39NS/c1-55(2)46-21-9-6-18-41(46)44-32-31-40(34-50(44)55)57(39-29-27-37(28-30-39)36-15-4-3-5-16-36)52-25-14-17-38-33-51-54(35-45(38)52)58-53-26-13-12-24-49(53)56(51)47-22-10-7-19-42(47)43-20-8-11-23-48(43)56/h3-35H,1-2H3. The molecule has 0 amide bonds. The Kier molecular flexibility index (Phi) is 7.19. The lowest BCUT2D eigenvalue weighted by Gasteiger charge is -2.40. The molecule has 0 bridgehead atoms. The minimum atomic E-state index is -0.415. The number of hydrogen-bond acceptors (Lipinski definition) is 2. The van der Waals surface area contributed by atoms with E-state index in [9.17, 15) is 0 Å². The van der Waals surface area contributed by atoms with Gasteiger partial charge in [0, 0.05) is 32.0 Å². The van der Waals surface area contributed by atoms with Gasteiger partial charge in [-0.3, -0.25) is 0 Å². The molecule has 0 saturated heterocycles. The van der Waals surface area contributed by atoms with E-state index in [1.165, 1.54) is 93.0 Å². The van der Waals surface area contributed by atoms with Crippen LogP contribution in [0.1, 0.15) is 47.2 Å². The van der Waals surface area contributed by atoms with Crippen LogP contribution in [0.2, 0.25) is 0 Å². The third kappa shape index (κ3) is 4.61. The quantitative estimate of drug-likeness (QED) is 0.176. The predicted molar refractivity (Wildman–Crippen MR) is 243 cm³/mol. The lowest BCUT2D eigenvalue weighted by molar-refractivity contribution is 0.660. The maximum Gasteiger partial charge on any atom is 0.0735 e. The van der Waals surface area contributed by atoms with E-state index in [4.69, 9.17) is 0 Å². The van der Waals surface area contributed by atoms with Crippen molar-refractivity contribution < 1.29 is 0 Å². The van der Waals surface area contributed by atoms with E-state index in [0.717, 1.165) is 11.4 Å². The Morgan fingerprint density at radius 2 is 0.948 bits per heavy atom. The maximum absolute atomic E-state index is 2.51. The van der Waals surface area contributed by atoms with E-state index in [-0.39, 0.29) is 5.41 Å². The molecule has 9 aromatic carbocycles. The van der Waals surface area contributed by atoms with Crippen LogP contribution in [-0.2, 0) is 10.8 Å². The van der Waals surface area contributed by atoms with Crippen molar-refractivity contribution in [2.75, 3.05) is 4.90 Å². The number of rotatable bonds is 4. The van der Waals surface area contributed by atoms with Gasteiger partial charge in [-0.15, -0.1) is 0 Å². The molecular formula is C56H39NS. The number of anilines is 3. The summed E-state index contributed by atoms with van der Waals surface area (Å²) in [4.78, 5) is 5.10. The van der Waals surface area contributed by atoms with E-state index >= 15 is 0 Å². The molecule has 1 heterocycles. The first-order valence-electron chi connectivity index (χ1n) is 20.3. The van der Waals surface area contributed by atoms with Crippen LogP contribution in [0, 0.1) is 0 Å². The zero-order valence-corrected chi connectivity index (χ0v) is 33.2. The first kappa shape index (κ1) is 33.5. The van der Waals surface area contributed by atoms with Crippen molar-refractivity contribution >= 4 is 39.6 Å². The van der Waals surface area contributed by atoms with Gasteiger partial charge in [0.15, 0.2) is 0 Å². The number of benzene rings is 9. The van der Waals surface area contributed by atoms with E-state index < -0.39 is 5.41 Å². The average molecular weight is 758 g/mol. The van der Waals surface area contributed by atoms with Gasteiger partial charge in [-0.1, -0.05) is 177 Å². The van der Waals surface area contributed by atoms with Gasteiger partial charge in [0.2, 0.25) is 0 Å². The van der Waals surface area contributed by atoms with Crippen LogP contribution >= 0.6 is 11.8 Å². The van der Waals surface area contributed by atoms with Crippen molar-refractivity contribution in [1.29, 1.82) is 0 Å². The van der Waals surface area contributed by atoms with E-state index in [1.807, 2.05) is 11.8 Å². The normalized spacial score (nSPS) is 14.6. The molecule has 12 rings (SSSR count). The highest BCUT2D eigenvalue weighted by Gasteiger charge is 2.50. The molecule has 0 aromatic heterocycles. The highest BCUT2D eigenvalue weighted by atomic mass is 32.2. The Bertz CT molecular complexity index is 3080. The van der Waals surface area contributed by atoms with Crippen LogP contribution in [0.5, 0.6) is 0 Å². The molecule has 1 spiro atoms. The molecule has 2 aliphatic carbocycles. The van der Waals surface area contributed by atoms with Gasteiger partial charge in [-0.25, -0.2) is 0 Å². The molecule has 274 valence electrons.